The summed E-state index contributed by atoms with van der Waals surface area (Å²) >= 11 is 1.39. The van der Waals surface area contributed by atoms with Gasteiger partial charge in [-0.15, -0.1) is 10.2 Å². The first-order chi connectivity index (χ1) is 16.9. The first kappa shape index (κ1) is 24.9. The minimum absolute atomic E-state index is 0.0677. The zero-order valence-electron chi connectivity index (χ0n) is 20.6. The first-order valence-electron chi connectivity index (χ1n) is 11.9. The van der Waals surface area contributed by atoms with Crippen molar-refractivity contribution in [2.24, 2.45) is 0 Å². The largest absolute Gasteiger partial charge is 0.324 e. The van der Waals surface area contributed by atoms with Crippen molar-refractivity contribution >= 4 is 35.0 Å². The lowest BCUT2D eigenvalue weighted by Crippen LogP contribution is -2.40. The monoisotopic (exact) mass is 492 g/mol. The highest BCUT2D eigenvalue weighted by atomic mass is 32.2. The molecule has 8 nitrogen and oxygen atoms in total. The smallest absolute Gasteiger partial charge is 0.237 e. The second kappa shape index (κ2) is 11.0. The van der Waals surface area contributed by atoms with E-state index in [-0.39, 0.29) is 36.1 Å². The molecule has 1 aliphatic heterocycles. The molecular formula is C26H32N6O2S. The number of thioether (sulfide) groups is 1. The lowest BCUT2D eigenvalue weighted by molar-refractivity contribution is -0.117. The van der Waals surface area contributed by atoms with Gasteiger partial charge in [-0.1, -0.05) is 61.2 Å². The fourth-order valence-electron chi connectivity index (χ4n) is 4.51. The van der Waals surface area contributed by atoms with Crippen LogP contribution in [0.25, 0.3) is 0 Å². The maximum Gasteiger partial charge on any atom is 0.237 e. The van der Waals surface area contributed by atoms with Gasteiger partial charge in [-0.3, -0.25) is 14.5 Å². The number of aromatic nitrogens is 3. The quantitative estimate of drug-likeness (QED) is 0.475. The molecule has 0 bridgehead atoms. The highest BCUT2D eigenvalue weighted by Gasteiger charge is 2.30. The second-order valence-corrected chi connectivity index (χ2v) is 9.91. The molecule has 4 rings (SSSR count). The van der Waals surface area contributed by atoms with Gasteiger partial charge in [0.25, 0.3) is 0 Å². The Hall–Kier alpha value is -3.17. The number of nitrogens with zero attached hydrogens (tertiary/aromatic N) is 5. The topological polar surface area (TPSA) is 83.4 Å². The molecule has 0 saturated heterocycles. The van der Waals surface area contributed by atoms with Gasteiger partial charge in [-0.05, 0) is 45.1 Å². The number of anilines is 2. The standard InChI is InChI=1S/C26H32N6O2S/c1-5-21(30(3)4)25-28-29-26(31(25)16-19-11-7-6-8-12-19)35-17-24(34)32-18(2)15-23(33)27-20-13-9-10-14-22(20)32/h6-14,18,21H,5,15-17H2,1-4H3,(H,27,33)/t18-,21+/m0/s1. The molecule has 1 aliphatic rings. The van der Waals surface area contributed by atoms with Gasteiger partial charge >= 0.3 is 0 Å². The molecule has 3 aromatic rings. The van der Waals surface area contributed by atoms with E-state index in [9.17, 15) is 9.59 Å². The number of hydrogen-bond donors (Lipinski definition) is 1. The van der Waals surface area contributed by atoms with E-state index in [0.29, 0.717) is 17.4 Å². The van der Waals surface area contributed by atoms with Crippen molar-refractivity contribution in [2.45, 2.75) is 50.5 Å². The van der Waals surface area contributed by atoms with Gasteiger partial charge in [0.15, 0.2) is 11.0 Å². The summed E-state index contributed by atoms with van der Waals surface area (Å²) in [5.74, 6) is 0.925. The number of rotatable bonds is 8. The van der Waals surface area contributed by atoms with Crippen molar-refractivity contribution in [3.63, 3.8) is 0 Å². The summed E-state index contributed by atoms with van der Waals surface area (Å²) in [5.41, 5.74) is 2.53. The summed E-state index contributed by atoms with van der Waals surface area (Å²) in [5, 5.41) is 12.6. The molecule has 0 saturated carbocycles. The number of carbonyl (C=O) groups is 2. The summed E-state index contributed by atoms with van der Waals surface area (Å²) in [4.78, 5) is 29.6. The van der Waals surface area contributed by atoms with E-state index in [1.807, 2.05) is 63.5 Å². The average Bonchev–Trinajstić information content (AvgIpc) is 3.15. The predicted octanol–water partition coefficient (Wildman–Crippen LogP) is 4.20. The summed E-state index contributed by atoms with van der Waals surface area (Å²) in [6, 6.07) is 17.5. The van der Waals surface area contributed by atoms with Crippen LogP contribution in [0.1, 0.15) is 44.1 Å². The van der Waals surface area contributed by atoms with Crippen molar-refractivity contribution in [1.82, 2.24) is 19.7 Å². The third kappa shape index (κ3) is 5.57. The molecule has 9 heteroatoms. The second-order valence-electron chi connectivity index (χ2n) is 8.97. The lowest BCUT2D eigenvalue weighted by atomic mass is 10.2. The molecule has 0 aliphatic carbocycles. The normalized spacial score (nSPS) is 16.5. The SMILES string of the molecule is CC[C@H](c1nnc(SCC(=O)N2c3ccccc3NC(=O)C[C@@H]2C)n1Cc1ccccc1)N(C)C. The van der Waals surface area contributed by atoms with Gasteiger partial charge in [0.05, 0.1) is 29.7 Å². The highest BCUT2D eigenvalue weighted by Crippen LogP contribution is 2.33. The Morgan fingerprint density at radius 1 is 1.14 bits per heavy atom. The van der Waals surface area contributed by atoms with Gasteiger partial charge in [-0.2, -0.15) is 0 Å². The van der Waals surface area contributed by atoms with Gasteiger partial charge < -0.3 is 14.8 Å². The molecule has 1 N–H and O–H groups in total. The fourth-order valence-corrected chi connectivity index (χ4v) is 5.31. The molecule has 0 unspecified atom stereocenters. The molecule has 1 aromatic heterocycles. The van der Waals surface area contributed by atoms with Gasteiger partial charge in [0.2, 0.25) is 11.8 Å². The minimum atomic E-state index is -0.247. The molecule has 2 amide bonds. The van der Waals surface area contributed by atoms with Gasteiger partial charge in [0.1, 0.15) is 0 Å². The van der Waals surface area contributed by atoms with Crippen LogP contribution in [-0.2, 0) is 16.1 Å². The lowest BCUT2D eigenvalue weighted by Gasteiger charge is -2.27. The van der Waals surface area contributed by atoms with E-state index in [2.05, 4.69) is 44.0 Å². The Bertz CT molecular complexity index is 1180. The Morgan fingerprint density at radius 3 is 2.57 bits per heavy atom. The summed E-state index contributed by atoms with van der Waals surface area (Å²) < 4.78 is 2.12. The van der Waals surface area contributed by atoms with E-state index in [0.717, 1.165) is 23.5 Å². The number of hydrogen-bond acceptors (Lipinski definition) is 6. The van der Waals surface area contributed by atoms with Crippen LogP contribution >= 0.6 is 11.8 Å². The average molecular weight is 493 g/mol. The maximum absolute atomic E-state index is 13.5. The third-order valence-corrected chi connectivity index (χ3v) is 7.14. The van der Waals surface area contributed by atoms with Crippen LogP contribution in [0, 0.1) is 0 Å². The van der Waals surface area contributed by atoms with Crippen molar-refractivity contribution in [1.29, 1.82) is 0 Å². The molecule has 0 spiro atoms. The van der Waals surface area contributed by atoms with E-state index >= 15 is 0 Å². The molecule has 35 heavy (non-hydrogen) atoms. The molecule has 184 valence electrons. The number of para-hydroxylation sites is 2. The number of benzene rings is 2. The Labute approximate surface area is 210 Å². The summed E-state index contributed by atoms with van der Waals surface area (Å²) in [6.45, 7) is 4.67. The van der Waals surface area contributed by atoms with E-state index < -0.39 is 0 Å². The van der Waals surface area contributed by atoms with Crippen molar-refractivity contribution in [3.05, 3.63) is 66.0 Å². The maximum atomic E-state index is 13.5. The Kier molecular flexibility index (Phi) is 7.87. The number of amides is 2. The molecule has 0 radical (unpaired) electrons. The number of fused-ring (bicyclic) bond motifs is 1. The Morgan fingerprint density at radius 2 is 1.86 bits per heavy atom. The van der Waals surface area contributed by atoms with Crippen LogP contribution in [0.5, 0.6) is 0 Å². The van der Waals surface area contributed by atoms with Crippen LogP contribution in [0.4, 0.5) is 11.4 Å². The third-order valence-electron chi connectivity index (χ3n) is 6.19. The van der Waals surface area contributed by atoms with Crippen LogP contribution < -0.4 is 10.2 Å². The molecule has 0 fully saturated rings. The highest BCUT2D eigenvalue weighted by molar-refractivity contribution is 7.99. The first-order valence-corrected chi connectivity index (χ1v) is 12.8. The summed E-state index contributed by atoms with van der Waals surface area (Å²) in [6.07, 6.45) is 1.15. The van der Waals surface area contributed by atoms with Crippen molar-refractivity contribution in [3.8, 4) is 0 Å². The fraction of sp³-hybridized carbons (Fsp3) is 0.385. The minimum Gasteiger partial charge on any atom is -0.324 e. The van der Waals surface area contributed by atoms with Crippen molar-refractivity contribution < 1.29 is 9.59 Å². The van der Waals surface area contributed by atoms with Crippen LogP contribution in [-0.4, -0.2) is 57.4 Å². The zero-order chi connectivity index (χ0) is 24.9. The van der Waals surface area contributed by atoms with E-state index in [1.165, 1.54) is 11.8 Å². The number of nitrogens with one attached hydrogen (secondary N) is 1. The van der Waals surface area contributed by atoms with Gasteiger partial charge in [0, 0.05) is 12.5 Å². The zero-order valence-corrected chi connectivity index (χ0v) is 21.5. The van der Waals surface area contributed by atoms with Crippen LogP contribution in [0.2, 0.25) is 0 Å². The summed E-state index contributed by atoms with van der Waals surface area (Å²) in [7, 11) is 4.08. The molecule has 2 atom stereocenters. The number of carbonyl (C=O) groups excluding carboxylic acids is 2. The molecule has 2 heterocycles. The Balaban J connectivity index is 1.60. The molecular weight excluding hydrogens is 460 g/mol. The van der Waals surface area contributed by atoms with E-state index in [4.69, 9.17) is 0 Å². The van der Waals surface area contributed by atoms with Crippen LogP contribution in [0.15, 0.2) is 59.8 Å². The van der Waals surface area contributed by atoms with Gasteiger partial charge in [-0.25, -0.2) is 0 Å². The molecule has 2 aromatic carbocycles. The van der Waals surface area contributed by atoms with E-state index in [1.54, 1.807) is 4.90 Å². The van der Waals surface area contributed by atoms with Crippen LogP contribution in [0.3, 0.4) is 0 Å². The van der Waals surface area contributed by atoms with Crippen molar-refractivity contribution in [2.75, 3.05) is 30.1 Å². The predicted molar refractivity (Wildman–Crippen MR) is 140 cm³/mol.